The minimum atomic E-state index is -3.55. The number of nitrogens with zero attached hydrogens (tertiary/aromatic N) is 2. The summed E-state index contributed by atoms with van der Waals surface area (Å²) in [6, 6.07) is 6.55. The molecule has 0 fully saturated rings. The molecule has 0 aromatic heterocycles. The van der Waals surface area contributed by atoms with Crippen LogP contribution in [0.3, 0.4) is 0 Å². The van der Waals surface area contributed by atoms with Crippen molar-refractivity contribution in [2.75, 3.05) is 36.0 Å². The van der Waals surface area contributed by atoms with E-state index in [-0.39, 0.29) is 24.8 Å². The quantitative estimate of drug-likeness (QED) is 0.722. The lowest BCUT2D eigenvalue weighted by Gasteiger charge is -2.24. The summed E-state index contributed by atoms with van der Waals surface area (Å²) < 4.78 is 25.5. The lowest BCUT2D eigenvalue weighted by atomic mass is 10.2. The maximum atomic E-state index is 12.2. The topological polar surface area (TPSA) is 86.8 Å². The van der Waals surface area contributed by atoms with Crippen molar-refractivity contribution in [3.8, 4) is 0 Å². The summed E-state index contributed by atoms with van der Waals surface area (Å²) >= 11 is 0. The number of benzene rings is 1. The van der Waals surface area contributed by atoms with Crippen molar-refractivity contribution in [3.63, 3.8) is 0 Å². The highest BCUT2D eigenvalue weighted by atomic mass is 32.2. The van der Waals surface area contributed by atoms with Crippen LogP contribution in [0.5, 0.6) is 0 Å². The Morgan fingerprint density at radius 2 is 1.88 bits per heavy atom. The molecule has 0 heterocycles. The molecule has 1 aromatic carbocycles. The number of hydrogen-bond acceptors (Lipinski definition) is 4. The summed E-state index contributed by atoms with van der Waals surface area (Å²) in [6.07, 6.45) is 3.10. The molecule has 0 saturated heterocycles. The highest BCUT2D eigenvalue weighted by Crippen LogP contribution is 2.22. The molecule has 0 aliphatic heterocycles. The fraction of sp³-hybridized carbons (Fsp3) is 0.529. The number of carbonyl (C=O) groups is 2. The summed E-state index contributed by atoms with van der Waals surface area (Å²) in [5.74, 6) is -0.337. The highest BCUT2D eigenvalue weighted by molar-refractivity contribution is 7.92. The Morgan fingerprint density at radius 3 is 2.44 bits per heavy atom. The Morgan fingerprint density at radius 1 is 1.20 bits per heavy atom. The van der Waals surface area contributed by atoms with Crippen LogP contribution < -0.4 is 9.62 Å². The minimum absolute atomic E-state index is 0.0532. The number of hydrogen-bond donors (Lipinski definition) is 1. The van der Waals surface area contributed by atoms with Gasteiger partial charge in [0, 0.05) is 39.2 Å². The van der Waals surface area contributed by atoms with Gasteiger partial charge in [0.25, 0.3) is 0 Å². The smallest absolute Gasteiger partial charge is 0.232 e. The molecule has 0 bridgehead atoms. The van der Waals surface area contributed by atoms with Crippen molar-refractivity contribution < 1.29 is 18.0 Å². The number of sulfonamides is 1. The molecule has 1 N–H and O–H groups in total. The van der Waals surface area contributed by atoms with E-state index in [9.17, 15) is 18.0 Å². The van der Waals surface area contributed by atoms with Crippen LogP contribution in [0.15, 0.2) is 24.3 Å². The average molecular weight is 369 g/mol. The summed E-state index contributed by atoms with van der Waals surface area (Å²) in [4.78, 5) is 25.0. The molecule has 0 aliphatic rings. The van der Waals surface area contributed by atoms with E-state index in [1.54, 1.807) is 36.2 Å². The number of anilines is 2. The molecule has 1 aromatic rings. The molecule has 0 unspecified atom stereocenters. The van der Waals surface area contributed by atoms with Crippen LogP contribution >= 0.6 is 0 Å². The Bertz CT molecular complexity index is 704. The zero-order valence-corrected chi connectivity index (χ0v) is 16.1. The molecule has 7 nitrogen and oxygen atoms in total. The van der Waals surface area contributed by atoms with E-state index in [1.165, 1.54) is 11.2 Å². The van der Waals surface area contributed by atoms with Gasteiger partial charge in [0.15, 0.2) is 0 Å². The van der Waals surface area contributed by atoms with E-state index in [2.05, 4.69) is 5.32 Å². The predicted molar refractivity (Wildman–Crippen MR) is 100 cm³/mol. The van der Waals surface area contributed by atoms with Crippen LogP contribution in [0.1, 0.15) is 33.1 Å². The lowest BCUT2D eigenvalue weighted by molar-refractivity contribution is -0.129. The van der Waals surface area contributed by atoms with Crippen LogP contribution in [-0.4, -0.2) is 51.5 Å². The first-order valence-electron chi connectivity index (χ1n) is 8.24. The molecule has 0 saturated carbocycles. The first-order valence-corrected chi connectivity index (χ1v) is 10.1. The van der Waals surface area contributed by atoms with Crippen LogP contribution in [0.4, 0.5) is 11.4 Å². The molecule has 0 spiro atoms. The van der Waals surface area contributed by atoms with E-state index < -0.39 is 10.0 Å². The second-order valence-electron chi connectivity index (χ2n) is 5.99. The number of unbranched alkanes of at least 4 members (excludes halogenated alkanes) is 1. The molecular weight excluding hydrogens is 342 g/mol. The fourth-order valence-corrected chi connectivity index (χ4v) is 3.26. The summed E-state index contributed by atoms with van der Waals surface area (Å²) in [6.45, 7) is 4.14. The molecule has 0 radical (unpaired) electrons. The zero-order valence-electron chi connectivity index (χ0n) is 15.3. The Kier molecular flexibility index (Phi) is 7.89. The van der Waals surface area contributed by atoms with Crippen molar-refractivity contribution in [2.45, 2.75) is 33.1 Å². The summed E-state index contributed by atoms with van der Waals surface area (Å²) in [7, 11) is -1.83. The van der Waals surface area contributed by atoms with Gasteiger partial charge in [-0.15, -0.1) is 0 Å². The molecule has 0 aliphatic carbocycles. The molecule has 2 amide bonds. The fourth-order valence-electron chi connectivity index (χ4n) is 2.34. The molecular formula is C17H27N3O4S. The Labute approximate surface area is 150 Å². The van der Waals surface area contributed by atoms with Crippen LogP contribution in [0, 0.1) is 0 Å². The van der Waals surface area contributed by atoms with Gasteiger partial charge in [-0.05, 0) is 24.6 Å². The zero-order chi connectivity index (χ0) is 19.0. The first kappa shape index (κ1) is 21.0. The van der Waals surface area contributed by atoms with E-state index >= 15 is 0 Å². The number of nitrogens with one attached hydrogen (secondary N) is 1. The first-order chi connectivity index (χ1) is 11.6. The third-order valence-corrected chi connectivity index (χ3v) is 4.85. The number of amides is 2. The second-order valence-corrected chi connectivity index (χ2v) is 7.89. The van der Waals surface area contributed by atoms with Crippen molar-refractivity contribution in [1.29, 1.82) is 0 Å². The largest absolute Gasteiger partial charge is 0.346 e. The van der Waals surface area contributed by atoms with Gasteiger partial charge in [-0.3, -0.25) is 13.9 Å². The lowest BCUT2D eigenvalue weighted by Crippen LogP contribution is -2.35. The van der Waals surface area contributed by atoms with E-state index in [0.29, 0.717) is 17.9 Å². The summed E-state index contributed by atoms with van der Waals surface area (Å²) in [5.41, 5.74) is 0.919. The normalized spacial score (nSPS) is 11.0. The van der Waals surface area contributed by atoms with Gasteiger partial charge >= 0.3 is 0 Å². The second kappa shape index (κ2) is 9.41. The van der Waals surface area contributed by atoms with Gasteiger partial charge in [-0.2, -0.15) is 0 Å². The average Bonchev–Trinajstić information content (AvgIpc) is 2.51. The van der Waals surface area contributed by atoms with Crippen molar-refractivity contribution >= 4 is 33.2 Å². The number of rotatable bonds is 9. The monoisotopic (exact) mass is 369 g/mol. The van der Waals surface area contributed by atoms with Crippen LogP contribution in [0.25, 0.3) is 0 Å². The predicted octanol–water partition coefficient (Wildman–Crippen LogP) is 2.06. The van der Waals surface area contributed by atoms with Gasteiger partial charge in [0.1, 0.15) is 0 Å². The van der Waals surface area contributed by atoms with E-state index in [1.807, 2.05) is 6.92 Å². The molecule has 1 rings (SSSR count). The maximum Gasteiger partial charge on any atom is 0.232 e. The van der Waals surface area contributed by atoms with Crippen molar-refractivity contribution in [2.24, 2.45) is 0 Å². The maximum absolute atomic E-state index is 12.2. The third-order valence-electron chi connectivity index (χ3n) is 3.66. The Balaban J connectivity index is 2.89. The molecule has 25 heavy (non-hydrogen) atoms. The van der Waals surface area contributed by atoms with Crippen LogP contribution in [-0.2, 0) is 19.6 Å². The molecule has 0 atom stereocenters. The Hall–Kier alpha value is -2.09. The van der Waals surface area contributed by atoms with Crippen LogP contribution in [0.2, 0.25) is 0 Å². The SMILES string of the molecule is CCCCN(C)C(=O)CCN(c1cccc(NC(C)=O)c1)S(C)(=O)=O. The van der Waals surface area contributed by atoms with Gasteiger partial charge < -0.3 is 10.2 Å². The molecule has 8 heteroatoms. The molecule has 140 valence electrons. The van der Waals surface area contributed by atoms with Crippen molar-refractivity contribution in [3.05, 3.63) is 24.3 Å². The standard InChI is InChI=1S/C17H27N3O4S/c1-5-6-11-19(3)17(22)10-12-20(25(4,23)24)16-9-7-8-15(13-16)18-14(2)21/h7-9,13H,5-6,10-12H2,1-4H3,(H,18,21). The third kappa shape index (κ3) is 7.13. The minimum Gasteiger partial charge on any atom is -0.346 e. The van der Waals surface area contributed by atoms with Gasteiger partial charge in [-0.1, -0.05) is 19.4 Å². The summed E-state index contributed by atoms with van der Waals surface area (Å²) in [5, 5.41) is 2.62. The van der Waals surface area contributed by atoms with Gasteiger partial charge in [-0.25, -0.2) is 8.42 Å². The van der Waals surface area contributed by atoms with E-state index in [0.717, 1.165) is 19.1 Å². The number of carbonyl (C=O) groups excluding carboxylic acids is 2. The van der Waals surface area contributed by atoms with Gasteiger partial charge in [0.05, 0.1) is 11.9 Å². The van der Waals surface area contributed by atoms with Crippen molar-refractivity contribution in [1.82, 2.24) is 4.90 Å². The van der Waals surface area contributed by atoms with E-state index in [4.69, 9.17) is 0 Å². The van der Waals surface area contributed by atoms with Gasteiger partial charge in [0.2, 0.25) is 21.8 Å². The highest BCUT2D eigenvalue weighted by Gasteiger charge is 2.20.